The summed E-state index contributed by atoms with van der Waals surface area (Å²) in [5, 5.41) is 11.7. The summed E-state index contributed by atoms with van der Waals surface area (Å²) in [5.41, 5.74) is 2.19. The van der Waals surface area contributed by atoms with Gasteiger partial charge in [-0.1, -0.05) is 12.1 Å². The smallest absolute Gasteiger partial charge is 0.238 e. The van der Waals surface area contributed by atoms with Gasteiger partial charge in [-0.05, 0) is 36.6 Å². The maximum atomic E-state index is 5.82. The zero-order chi connectivity index (χ0) is 14.8. The van der Waals surface area contributed by atoms with Crippen molar-refractivity contribution in [3.63, 3.8) is 0 Å². The molecule has 2 aliphatic rings. The maximum Gasteiger partial charge on any atom is 0.238 e. The van der Waals surface area contributed by atoms with Gasteiger partial charge in [0.15, 0.2) is 0 Å². The third-order valence-electron chi connectivity index (χ3n) is 4.04. The van der Waals surface area contributed by atoms with Gasteiger partial charge < -0.3 is 14.8 Å². The summed E-state index contributed by atoms with van der Waals surface area (Å²) in [6.07, 6.45) is 2.54. The molecule has 1 aliphatic carbocycles. The average molecular weight is 297 g/mol. The van der Waals surface area contributed by atoms with E-state index in [0.717, 1.165) is 36.7 Å². The number of ether oxygens (including phenoxy) is 2. The fourth-order valence-corrected chi connectivity index (χ4v) is 2.66. The lowest BCUT2D eigenvalue weighted by molar-refractivity contribution is 0.0276. The van der Waals surface area contributed by atoms with Gasteiger partial charge >= 0.3 is 0 Å². The Labute approximate surface area is 129 Å². The molecule has 2 heterocycles. The predicted octanol–water partition coefficient (Wildman–Crippen LogP) is 2.81. The highest BCUT2D eigenvalue weighted by molar-refractivity contribution is 5.33. The summed E-state index contributed by atoms with van der Waals surface area (Å²) < 4.78 is 11.6. The molecule has 0 radical (unpaired) electrons. The van der Waals surface area contributed by atoms with Crippen LogP contribution in [-0.2, 0) is 4.74 Å². The Hall–Kier alpha value is -1.98. The highest BCUT2D eigenvalue weighted by Gasteiger charge is 2.25. The second-order valence-electron chi connectivity index (χ2n) is 5.81. The number of aromatic nitrogens is 2. The molecule has 0 unspecified atom stereocenters. The molecule has 0 amide bonds. The van der Waals surface area contributed by atoms with E-state index in [2.05, 4.69) is 21.6 Å². The van der Waals surface area contributed by atoms with Gasteiger partial charge in [0.05, 0.1) is 18.4 Å². The van der Waals surface area contributed by atoms with E-state index in [0.29, 0.717) is 11.8 Å². The van der Waals surface area contributed by atoms with Gasteiger partial charge in [0.25, 0.3) is 0 Å². The molecule has 1 aromatic carbocycles. The number of benzene rings is 1. The third kappa shape index (κ3) is 3.10. The minimum atomic E-state index is 0.0839. The Bertz CT molecular complexity index is 635. The lowest BCUT2D eigenvalue weighted by atomic mass is 10.1. The van der Waals surface area contributed by atoms with Gasteiger partial charge in [0, 0.05) is 25.1 Å². The first-order valence-corrected chi connectivity index (χ1v) is 7.82. The van der Waals surface area contributed by atoms with E-state index in [1.165, 1.54) is 12.8 Å². The molecule has 2 fully saturated rings. The van der Waals surface area contributed by atoms with Crippen molar-refractivity contribution in [3.8, 4) is 11.6 Å². The molecule has 114 valence electrons. The van der Waals surface area contributed by atoms with Crippen molar-refractivity contribution in [3.05, 3.63) is 47.7 Å². The van der Waals surface area contributed by atoms with Crippen LogP contribution in [0.4, 0.5) is 0 Å². The third-order valence-corrected chi connectivity index (χ3v) is 4.04. The highest BCUT2D eigenvalue weighted by atomic mass is 16.5. The summed E-state index contributed by atoms with van der Waals surface area (Å²) >= 11 is 0. The number of hydrogen-bond donors (Lipinski definition) is 1. The van der Waals surface area contributed by atoms with Gasteiger partial charge in [-0.3, -0.25) is 0 Å². The van der Waals surface area contributed by atoms with E-state index in [4.69, 9.17) is 9.47 Å². The van der Waals surface area contributed by atoms with Crippen molar-refractivity contribution < 1.29 is 9.47 Å². The summed E-state index contributed by atoms with van der Waals surface area (Å²) in [5.74, 6) is 1.91. The van der Waals surface area contributed by atoms with Crippen LogP contribution in [0.1, 0.15) is 36.1 Å². The molecular formula is C17H19N3O2. The maximum absolute atomic E-state index is 5.82. The van der Waals surface area contributed by atoms with Crippen LogP contribution in [0.5, 0.6) is 11.6 Å². The lowest BCUT2D eigenvalue weighted by Crippen LogP contribution is -2.33. The fraction of sp³-hybridized carbons (Fsp3) is 0.412. The molecular weight excluding hydrogens is 278 g/mol. The Balaban J connectivity index is 1.47. The SMILES string of the molecule is c1cc(Oc2ccc(C3CC3)nn2)cc([C@@H]2CNCCO2)c1. The van der Waals surface area contributed by atoms with Crippen LogP contribution in [0.3, 0.4) is 0 Å². The van der Waals surface area contributed by atoms with Crippen LogP contribution in [0, 0.1) is 0 Å². The Kier molecular flexibility index (Phi) is 3.74. The van der Waals surface area contributed by atoms with Crippen LogP contribution in [0.2, 0.25) is 0 Å². The van der Waals surface area contributed by atoms with Crippen molar-refractivity contribution in [1.29, 1.82) is 0 Å². The second-order valence-corrected chi connectivity index (χ2v) is 5.81. The molecule has 0 spiro atoms. The first-order valence-electron chi connectivity index (χ1n) is 7.82. The van der Waals surface area contributed by atoms with E-state index >= 15 is 0 Å². The zero-order valence-corrected chi connectivity index (χ0v) is 12.4. The molecule has 2 aromatic rings. The number of nitrogens with one attached hydrogen (secondary N) is 1. The van der Waals surface area contributed by atoms with E-state index in [1.807, 2.05) is 30.3 Å². The molecule has 1 saturated heterocycles. The Morgan fingerprint density at radius 3 is 2.82 bits per heavy atom. The predicted molar refractivity (Wildman–Crippen MR) is 82.1 cm³/mol. The monoisotopic (exact) mass is 297 g/mol. The fourth-order valence-electron chi connectivity index (χ4n) is 2.66. The van der Waals surface area contributed by atoms with Gasteiger partial charge in [-0.15, -0.1) is 5.10 Å². The summed E-state index contributed by atoms with van der Waals surface area (Å²) in [6.45, 7) is 2.48. The highest BCUT2D eigenvalue weighted by Crippen LogP contribution is 2.38. The minimum Gasteiger partial charge on any atom is -0.438 e. The van der Waals surface area contributed by atoms with Crippen molar-refractivity contribution in [2.24, 2.45) is 0 Å². The largest absolute Gasteiger partial charge is 0.438 e. The molecule has 22 heavy (non-hydrogen) atoms. The number of hydrogen-bond acceptors (Lipinski definition) is 5. The van der Waals surface area contributed by atoms with Crippen LogP contribution in [0.15, 0.2) is 36.4 Å². The van der Waals surface area contributed by atoms with Crippen molar-refractivity contribution >= 4 is 0 Å². The summed E-state index contributed by atoms with van der Waals surface area (Å²) in [4.78, 5) is 0. The minimum absolute atomic E-state index is 0.0839. The average Bonchev–Trinajstić information content (AvgIpc) is 3.42. The summed E-state index contributed by atoms with van der Waals surface area (Å²) in [7, 11) is 0. The first-order chi connectivity index (χ1) is 10.9. The summed E-state index contributed by atoms with van der Waals surface area (Å²) in [6, 6.07) is 11.9. The number of morpholine rings is 1. The first kappa shape index (κ1) is 13.7. The number of rotatable bonds is 4. The molecule has 0 bridgehead atoms. The Morgan fingerprint density at radius 2 is 2.09 bits per heavy atom. The number of nitrogens with zero attached hydrogens (tertiary/aromatic N) is 2. The van der Waals surface area contributed by atoms with Gasteiger partial charge in [0.1, 0.15) is 5.75 Å². The van der Waals surface area contributed by atoms with Gasteiger partial charge in [-0.25, -0.2) is 0 Å². The molecule has 1 N–H and O–H groups in total. The molecule has 1 aliphatic heterocycles. The molecule has 5 heteroatoms. The lowest BCUT2D eigenvalue weighted by Gasteiger charge is -2.24. The second kappa shape index (κ2) is 6.02. The molecule has 4 rings (SSSR count). The quantitative estimate of drug-likeness (QED) is 0.940. The van der Waals surface area contributed by atoms with Crippen LogP contribution < -0.4 is 10.1 Å². The van der Waals surface area contributed by atoms with Gasteiger partial charge in [-0.2, -0.15) is 5.10 Å². The van der Waals surface area contributed by atoms with Crippen molar-refractivity contribution in [2.75, 3.05) is 19.7 Å². The van der Waals surface area contributed by atoms with Crippen LogP contribution in [0.25, 0.3) is 0 Å². The topological polar surface area (TPSA) is 56.3 Å². The Morgan fingerprint density at radius 1 is 1.14 bits per heavy atom. The molecule has 5 nitrogen and oxygen atoms in total. The van der Waals surface area contributed by atoms with E-state index in [1.54, 1.807) is 0 Å². The van der Waals surface area contributed by atoms with Crippen LogP contribution in [-0.4, -0.2) is 29.9 Å². The van der Waals surface area contributed by atoms with E-state index in [9.17, 15) is 0 Å². The van der Waals surface area contributed by atoms with Crippen molar-refractivity contribution in [1.82, 2.24) is 15.5 Å². The normalized spacial score (nSPS) is 21.5. The standard InChI is InChI=1S/C17H19N3O2/c1-2-13(16-11-18-8-9-21-16)10-14(3-1)22-17-7-6-15(19-20-17)12-4-5-12/h1-3,6-7,10,12,16,18H,4-5,8-9,11H2/t16-/m0/s1. The molecule has 1 saturated carbocycles. The zero-order valence-electron chi connectivity index (χ0n) is 12.4. The van der Waals surface area contributed by atoms with Crippen molar-refractivity contribution in [2.45, 2.75) is 24.9 Å². The van der Waals surface area contributed by atoms with E-state index < -0.39 is 0 Å². The van der Waals surface area contributed by atoms with E-state index in [-0.39, 0.29) is 6.10 Å². The van der Waals surface area contributed by atoms with Crippen LogP contribution >= 0.6 is 0 Å². The van der Waals surface area contributed by atoms with Gasteiger partial charge in [0.2, 0.25) is 5.88 Å². The molecule has 1 atom stereocenters. The molecule has 1 aromatic heterocycles.